The fourth-order valence-electron chi connectivity index (χ4n) is 2.67. The predicted molar refractivity (Wildman–Crippen MR) is 112 cm³/mol. The number of ether oxygens (including phenoxy) is 1. The number of hydrogen-bond acceptors (Lipinski definition) is 5. The van der Waals surface area contributed by atoms with Crippen LogP contribution in [-0.2, 0) is 14.3 Å². The smallest absolute Gasteiger partial charge is 0.340 e. The molecule has 0 saturated carbocycles. The molecule has 0 bridgehead atoms. The number of para-hydroxylation sites is 1. The summed E-state index contributed by atoms with van der Waals surface area (Å²) in [6.07, 6.45) is -0.367. The quantitative estimate of drug-likeness (QED) is 0.509. The van der Waals surface area contributed by atoms with E-state index in [1.165, 1.54) is 24.3 Å². The number of esters is 1. The number of halogens is 3. The van der Waals surface area contributed by atoms with E-state index in [0.29, 0.717) is 10.7 Å². The number of nitrogens with one attached hydrogen (secondary N) is 1. The summed E-state index contributed by atoms with van der Waals surface area (Å²) in [5, 5.41) is 3.09. The molecule has 1 heterocycles. The Labute approximate surface area is 182 Å². The summed E-state index contributed by atoms with van der Waals surface area (Å²) in [6, 6.07) is 10.8. The highest BCUT2D eigenvalue weighted by Crippen LogP contribution is 2.33. The first-order valence-electron chi connectivity index (χ1n) is 8.51. The zero-order valence-corrected chi connectivity index (χ0v) is 17.6. The van der Waals surface area contributed by atoms with Crippen LogP contribution >= 0.6 is 34.8 Å². The van der Waals surface area contributed by atoms with Crippen LogP contribution < -0.4 is 10.2 Å². The minimum absolute atomic E-state index is 0.0724. The third kappa shape index (κ3) is 4.24. The number of carbonyl (C=O) groups is 3. The van der Waals surface area contributed by atoms with E-state index in [2.05, 4.69) is 5.32 Å². The number of amides is 2. The molecule has 0 saturated heterocycles. The van der Waals surface area contributed by atoms with Gasteiger partial charge in [-0.2, -0.15) is 0 Å². The van der Waals surface area contributed by atoms with Gasteiger partial charge in [0, 0.05) is 5.69 Å². The average molecular weight is 454 g/mol. The molecule has 0 radical (unpaired) electrons. The Hall–Kier alpha value is -2.54. The Morgan fingerprint density at radius 1 is 1.00 bits per heavy atom. The topological polar surface area (TPSA) is 75.7 Å². The van der Waals surface area contributed by atoms with Gasteiger partial charge in [0.05, 0.1) is 27.4 Å². The van der Waals surface area contributed by atoms with Crippen molar-refractivity contribution in [3.8, 4) is 0 Å². The molecule has 3 rings (SSSR count). The van der Waals surface area contributed by atoms with E-state index in [1.807, 2.05) is 0 Å². The summed E-state index contributed by atoms with van der Waals surface area (Å²) in [5.41, 5.74) is 0.436. The summed E-state index contributed by atoms with van der Waals surface area (Å²) in [4.78, 5) is 38.9. The molecule has 0 aliphatic carbocycles. The van der Waals surface area contributed by atoms with Crippen LogP contribution in [0.15, 0.2) is 53.2 Å². The van der Waals surface area contributed by atoms with Crippen LogP contribution in [0.5, 0.6) is 0 Å². The lowest BCUT2D eigenvalue weighted by atomic mass is 10.1. The van der Waals surface area contributed by atoms with E-state index >= 15 is 0 Å². The van der Waals surface area contributed by atoms with Gasteiger partial charge in [0.2, 0.25) is 0 Å². The molecular weight excluding hydrogens is 439 g/mol. The van der Waals surface area contributed by atoms with Crippen LogP contribution in [0, 0.1) is 0 Å². The van der Waals surface area contributed by atoms with Crippen molar-refractivity contribution < 1.29 is 19.1 Å². The molecule has 1 aliphatic rings. The van der Waals surface area contributed by atoms with Gasteiger partial charge in [-0.25, -0.2) is 9.69 Å². The van der Waals surface area contributed by atoms with E-state index in [1.54, 1.807) is 32.0 Å². The highest BCUT2D eigenvalue weighted by atomic mass is 35.5. The molecule has 2 amide bonds. The third-order valence-corrected chi connectivity index (χ3v) is 5.01. The third-order valence-electron chi connectivity index (χ3n) is 3.92. The fraction of sp³-hybridized carbons (Fsp3) is 0.150. The van der Waals surface area contributed by atoms with Gasteiger partial charge in [0.15, 0.2) is 0 Å². The summed E-state index contributed by atoms with van der Waals surface area (Å²) < 4.78 is 5.20. The Bertz CT molecular complexity index is 1050. The fourth-order valence-corrected chi connectivity index (χ4v) is 3.18. The number of hydrogen-bond donors (Lipinski definition) is 1. The maximum Gasteiger partial charge on any atom is 0.340 e. The molecule has 0 spiro atoms. The molecule has 1 N–H and O–H groups in total. The molecule has 6 nitrogen and oxygen atoms in total. The van der Waals surface area contributed by atoms with Gasteiger partial charge in [0.25, 0.3) is 11.8 Å². The first-order chi connectivity index (χ1) is 13.7. The van der Waals surface area contributed by atoms with Gasteiger partial charge >= 0.3 is 5.97 Å². The van der Waals surface area contributed by atoms with E-state index < -0.39 is 17.8 Å². The van der Waals surface area contributed by atoms with Crippen molar-refractivity contribution in [2.45, 2.75) is 20.0 Å². The number of nitrogens with zero attached hydrogens (tertiary/aromatic N) is 1. The zero-order chi connectivity index (χ0) is 21.3. The first-order valence-corrected chi connectivity index (χ1v) is 9.64. The maximum atomic E-state index is 13.0. The number of anilines is 2. The van der Waals surface area contributed by atoms with Crippen molar-refractivity contribution >= 4 is 64.0 Å². The number of carbonyl (C=O) groups excluding carboxylic acids is 3. The van der Waals surface area contributed by atoms with Crippen molar-refractivity contribution in [2.75, 3.05) is 10.2 Å². The molecule has 2 aromatic rings. The van der Waals surface area contributed by atoms with Gasteiger partial charge < -0.3 is 10.1 Å². The van der Waals surface area contributed by atoms with Crippen LogP contribution in [0.2, 0.25) is 10.0 Å². The molecule has 9 heteroatoms. The molecule has 29 heavy (non-hydrogen) atoms. The molecule has 0 atom stereocenters. The van der Waals surface area contributed by atoms with Gasteiger partial charge in [-0.05, 0) is 44.2 Å². The average Bonchev–Trinajstić information content (AvgIpc) is 2.87. The highest BCUT2D eigenvalue weighted by molar-refractivity contribution is 6.53. The van der Waals surface area contributed by atoms with E-state index in [9.17, 15) is 14.4 Å². The second kappa shape index (κ2) is 8.45. The number of imide groups is 1. The molecule has 1 aliphatic heterocycles. The zero-order valence-electron chi connectivity index (χ0n) is 15.3. The van der Waals surface area contributed by atoms with Crippen molar-refractivity contribution in [3.63, 3.8) is 0 Å². The highest BCUT2D eigenvalue weighted by Gasteiger charge is 2.40. The van der Waals surface area contributed by atoms with Gasteiger partial charge in [-0.3, -0.25) is 9.59 Å². The summed E-state index contributed by atoms with van der Waals surface area (Å²) in [5.74, 6) is -2.13. The lowest BCUT2D eigenvalue weighted by molar-refractivity contribution is -0.120. The normalized spacial score (nSPS) is 14.1. The summed E-state index contributed by atoms with van der Waals surface area (Å²) in [7, 11) is 0. The van der Waals surface area contributed by atoms with Gasteiger partial charge in [-0.15, -0.1) is 0 Å². The SMILES string of the molecule is CC(C)OC(=O)c1ccccc1N1C(=O)C(Cl)=C(Nc2ccc(Cl)c(Cl)c2)C1=O. The van der Waals surface area contributed by atoms with Crippen molar-refractivity contribution in [3.05, 3.63) is 68.8 Å². The Kier molecular flexibility index (Phi) is 6.17. The van der Waals surface area contributed by atoms with E-state index in [4.69, 9.17) is 39.5 Å². The molecular formula is C20H15Cl3N2O4. The van der Waals surface area contributed by atoms with Crippen molar-refractivity contribution in [1.29, 1.82) is 0 Å². The second-order valence-electron chi connectivity index (χ2n) is 6.36. The molecule has 0 unspecified atom stereocenters. The van der Waals surface area contributed by atoms with Crippen LogP contribution in [-0.4, -0.2) is 23.9 Å². The number of benzene rings is 2. The predicted octanol–water partition coefficient (Wildman–Crippen LogP) is 4.99. The summed E-state index contributed by atoms with van der Waals surface area (Å²) >= 11 is 18.0. The minimum atomic E-state index is -0.760. The minimum Gasteiger partial charge on any atom is -0.459 e. The van der Waals surface area contributed by atoms with Crippen LogP contribution in [0.1, 0.15) is 24.2 Å². The molecule has 150 valence electrons. The van der Waals surface area contributed by atoms with Gasteiger partial charge in [0.1, 0.15) is 10.7 Å². The monoisotopic (exact) mass is 452 g/mol. The van der Waals surface area contributed by atoms with E-state index in [0.717, 1.165) is 4.90 Å². The van der Waals surface area contributed by atoms with Crippen LogP contribution in [0.4, 0.5) is 11.4 Å². The second-order valence-corrected chi connectivity index (χ2v) is 7.55. The molecule has 0 aromatic heterocycles. The first kappa shape index (κ1) is 21.2. The lowest BCUT2D eigenvalue weighted by Crippen LogP contribution is -2.33. The Balaban J connectivity index is 1.95. The molecule has 2 aromatic carbocycles. The van der Waals surface area contributed by atoms with Crippen LogP contribution in [0.25, 0.3) is 0 Å². The van der Waals surface area contributed by atoms with E-state index in [-0.39, 0.29) is 33.1 Å². The van der Waals surface area contributed by atoms with Gasteiger partial charge in [-0.1, -0.05) is 46.9 Å². The standard InChI is InChI=1S/C20H15Cl3N2O4/c1-10(2)29-20(28)12-5-3-4-6-15(12)25-18(26)16(23)17(19(25)27)24-11-7-8-13(21)14(22)9-11/h3-10,24H,1-2H3. The lowest BCUT2D eigenvalue weighted by Gasteiger charge is -2.19. The Morgan fingerprint density at radius 3 is 2.34 bits per heavy atom. The van der Waals surface area contributed by atoms with Crippen LogP contribution in [0.3, 0.4) is 0 Å². The van der Waals surface area contributed by atoms with Crippen molar-refractivity contribution in [1.82, 2.24) is 0 Å². The largest absolute Gasteiger partial charge is 0.459 e. The number of rotatable bonds is 5. The van der Waals surface area contributed by atoms with Crippen molar-refractivity contribution in [2.24, 2.45) is 0 Å². The summed E-state index contributed by atoms with van der Waals surface area (Å²) in [6.45, 7) is 3.40. The Morgan fingerprint density at radius 2 is 1.69 bits per heavy atom. The maximum absolute atomic E-state index is 13.0. The molecule has 0 fully saturated rings.